The lowest BCUT2D eigenvalue weighted by Crippen LogP contribution is -2.65. The van der Waals surface area contributed by atoms with E-state index in [2.05, 4.69) is 102 Å². The number of rotatable bonds is 5. The highest BCUT2D eigenvalue weighted by Gasteiger charge is 2.60. The Balaban J connectivity index is 1.98. The highest BCUT2D eigenvalue weighted by Crippen LogP contribution is 2.48. The van der Waals surface area contributed by atoms with Crippen LogP contribution in [0.15, 0.2) is 24.3 Å². The lowest BCUT2D eigenvalue weighted by atomic mass is 10.1. The van der Waals surface area contributed by atoms with Crippen molar-refractivity contribution in [3.05, 3.63) is 33.4 Å². The molecular weight excluding hydrogens is 523 g/mol. The van der Waals surface area contributed by atoms with Crippen LogP contribution in [0.2, 0.25) is 22.2 Å². The van der Waals surface area contributed by atoms with Gasteiger partial charge in [0.25, 0.3) is 0 Å². The molecule has 7 heteroatoms. The van der Waals surface area contributed by atoms with Gasteiger partial charge in [-0.05, 0) is 62.5 Å². The van der Waals surface area contributed by atoms with Crippen molar-refractivity contribution in [1.29, 1.82) is 0 Å². The molecule has 170 valence electrons. The van der Waals surface area contributed by atoms with E-state index in [9.17, 15) is 0 Å². The molecule has 30 heavy (non-hydrogen) atoms. The third-order valence-corrected chi connectivity index (χ3v) is 17.8. The van der Waals surface area contributed by atoms with Gasteiger partial charge in [0.05, 0.1) is 18.8 Å². The van der Waals surface area contributed by atoms with Crippen molar-refractivity contribution in [3.8, 4) is 0 Å². The molecule has 1 aromatic carbocycles. The summed E-state index contributed by atoms with van der Waals surface area (Å²) in [7, 11) is -5.04. The van der Waals surface area contributed by atoms with E-state index in [1.165, 1.54) is 9.13 Å². The van der Waals surface area contributed by atoms with E-state index in [1.807, 2.05) is 0 Å². The van der Waals surface area contributed by atoms with Gasteiger partial charge < -0.3 is 17.7 Å². The van der Waals surface area contributed by atoms with Crippen molar-refractivity contribution < 1.29 is 17.7 Å². The number of benzene rings is 1. The van der Waals surface area contributed by atoms with Crippen LogP contribution in [0.3, 0.4) is 0 Å². The first-order chi connectivity index (χ1) is 14.0. The molecule has 0 unspecified atom stereocenters. The van der Waals surface area contributed by atoms with Gasteiger partial charge in [-0.3, -0.25) is 0 Å². The minimum atomic E-state index is -2.55. The van der Waals surface area contributed by atoms with Crippen LogP contribution in [0, 0.1) is 3.57 Å². The lowest BCUT2D eigenvalue weighted by Gasteiger charge is -2.51. The summed E-state index contributed by atoms with van der Waals surface area (Å²) in [5.41, 5.74) is 2.64. The van der Waals surface area contributed by atoms with Gasteiger partial charge in [0.2, 0.25) is 0 Å². The fourth-order valence-electron chi connectivity index (χ4n) is 5.04. The molecule has 0 radical (unpaired) electrons. The van der Waals surface area contributed by atoms with Crippen LogP contribution in [0.5, 0.6) is 0 Å². The van der Waals surface area contributed by atoms with E-state index >= 15 is 0 Å². The summed E-state index contributed by atoms with van der Waals surface area (Å²) in [6, 6.07) is 8.66. The number of halogens is 1. The van der Waals surface area contributed by atoms with Crippen LogP contribution in [0.1, 0.15) is 73.5 Å². The molecule has 0 aromatic heterocycles. The molecule has 2 fully saturated rings. The van der Waals surface area contributed by atoms with E-state index in [4.69, 9.17) is 17.7 Å². The summed E-state index contributed by atoms with van der Waals surface area (Å²) in [4.78, 5) is 0. The molecule has 4 nitrogen and oxygen atoms in total. The summed E-state index contributed by atoms with van der Waals surface area (Å²) in [5, 5.41) is 0. The molecule has 0 bridgehead atoms. The maximum atomic E-state index is 7.25. The summed E-state index contributed by atoms with van der Waals surface area (Å²) in [6.45, 7) is 18.7. The Morgan fingerprint density at radius 2 is 1.33 bits per heavy atom. The molecule has 2 aliphatic rings. The highest BCUT2D eigenvalue weighted by atomic mass is 127. The van der Waals surface area contributed by atoms with E-state index in [-0.39, 0.29) is 18.3 Å². The van der Waals surface area contributed by atoms with Crippen molar-refractivity contribution in [2.24, 2.45) is 0 Å². The Bertz CT molecular complexity index is 692. The predicted octanol–water partition coefficient (Wildman–Crippen LogP) is 7.08. The molecule has 0 saturated carbocycles. The maximum Gasteiger partial charge on any atom is 0.335 e. The number of hydrogen-bond acceptors (Lipinski definition) is 4. The zero-order chi connectivity index (χ0) is 22.3. The van der Waals surface area contributed by atoms with Gasteiger partial charge in [-0.25, -0.2) is 0 Å². The maximum absolute atomic E-state index is 7.25. The van der Waals surface area contributed by atoms with Gasteiger partial charge >= 0.3 is 17.1 Å². The lowest BCUT2D eigenvalue weighted by molar-refractivity contribution is -0.0385. The number of fused-ring (bicyclic) bond motifs is 1. The van der Waals surface area contributed by atoms with Crippen molar-refractivity contribution in [3.63, 3.8) is 0 Å². The molecule has 1 aromatic rings. The van der Waals surface area contributed by atoms with Crippen molar-refractivity contribution >= 4 is 39.7 Å². The number of hydrogen-bond donors (Lipinski definition) is 0. The topological polar surface area (TPSA) is 36.9 Å². The third kappa shape index (κ3) is 4.63. The molecule has 2 heterocycles. The molecule has 2 aliphatic heterocycles. The van der Waals surface area contributed by atoms with Crippen LogP contribution in [0.4, 0.5) is 0 Å². The highest BCUT2D eigenvalue weighted by molar-refractivity contribution is 14.1. The molecule has 0 N–H and O–H groups in total. The quantitative estimate of drug-likeness (QED) is 0.284. The second kappa shape index (κ2) is 9.61. The summed E-state index contributed by atoms with van der Waals surface area (Å²) >= 11 is 2.35. The molecule has 3 rings (SSSR count). The van der Waals surface area contributed by atoms with E-state index in [0.717, 1.165) is 6.42 Å². The molecule has 0 spiro atoms. The molecule has 0 aliphatic carbocycles. The van der Waals surface area contributed by atoms with Crippen molar-refractivity contribution in [2.75, 3.05) is 6.61 Å². The first-order valence-electron chi connectivity index (χ1n) is 11.4. The Labute approximate surface area is 199 Å². The predicted molar refractivity (Wildman–Crippen MR) is 135 cm³/mol. The van der Waals surface area contributed by atoms with Crippen LogP contribution in [-0.2, 0) is 17.7 Å². The largest absolute Gasteiger partial charge is 0.414 e. The zero-order valence-corrected chi connectivity index (χ0v) is 23.9. The molecule has 3 atom stereocenters. The van der Waals surface area contributed by atoms with Gasteiger partial charge in [0.15, 0.2) is 0 Å². The SMILES string of the molecule is CC(C)[Si]1(C(C)C)OC[C@H]2O[C@H](c3ccc(I)cc3)C[C@@H]2O[Si](C(C)C)(C(C)C)O1. The Morgan fingerprint density at radius 3 is 1.83 bits per heavy atom. The van der Waals surface area contributed by atoms with Gasteiger partial charge in [-0.1, -0.05) is 67.5 Å². The van der Waals surface area contributed by atoms with E-state index < -0.39 is 17.1 Å². The smallest absolute Gasteiger partial charge is 0.335 e. The molecule has 0 amide bonds. The Hall–Kier alpha value is 0.224. The number of ether oxygens (including phenoxy) is 1. The molecular formula is C23H39IO4Si2. The second-order valence-corrected chi connectivity index (χ2v) is 20.2. The minimum absolute atomic E-state index is 0.0251. The zero-order valence-electron chi connectivity index (χ0n) is 19.8. The average molecular weight is 563 g/mol. The molecule has 2 saturated heterocycles. The second-order valence-electron chi connectivity index (χ2n) is 10.1. The Kier molecular flexibility index (Phi) is 7.96. The van der Waals surface area contributed by atoms with Gasteiger partial charge in [-0.15, -0.1) is 0 Å². The van der Waals surface area contributed by atoms with Gasteiger partial charge in [0, 0.05) is 9.99 Å². The fraction of sp³-hybridized carbons (Fsp3) is 0.739. The van der Waals surface area contributed by atoms with E-state index in [1.54, 1.807) is 0 Å². The van der Waals surface area contributed by atoms with Gasteiger partial charge in [0.1, 0.15) is 6.10 Å². The van der Waals surface area contributed by atoms with Crippen LogP contribution >= 0.6 is 22.6 Å². The normalized spacial score (nSPS) is 28.8. The van der Waals surface area contributed by atoms with Crippen LogP contribution < -0.4 is 0 Å². The van der Waals surface area contributed by atoms with Gasteiger partial charge in [-0.2, -0.15) is 0 Å². The monoisotopic (exact) mass is 562 g/mol. The summed E-state index contributed by atoms with van der Waals surface area (Å²) in [6.07, 6.45) is 0.910. The standard InChI is InChI=1S/C23H39IO4Si2/c1-15(2)29(16(3)4)25-14-23-22(27-30(28-29,17(5)6)18(7)8)13-21(26-23)19-9-11-20(24)12-10-19/h9-12,15-18,21-23H,13-14H2,1-8H3/t21-,22-,23+/m0/s1. The Morgan fingerprint density at radius 1 is 0.800 bits per heavy atom. The summed E-state index contributed by atoms with van der Waals surface area (Å²) in [5.74, 6) is 0. The summed E-state index contributed by atoms with van der Waals surface area (Å²) < 4.78 is 29.0. The van der Waals surface area contributed by atoms with Crippen LogP contribution in [0.25, 0.3) is 0 Å². The van der Waals surface area contributed by atoms with E-state index in [0.29, 0.717) is 28.8 Å². The first-order valence-corrected chi connectivity index (χ1v) is 16.5. The minimum Gasteiger partial charge on any atom is -0.414 e. The van der Waals surface area contributed by atoms with Crippen LogP contribution in [-0.4, -0.2) is 35.9 Å². The van der Waals surface area contributed by atoms with Crippen molar-refractivity contribution in [2.45, 2.75) is 102 Å². The van der Waals surface area contributed by atoms with Crippen molar-refractivity contribution in [1.82, 2.24) is 0 Å². The average Bonchev–Trinajstić information content (AvgIpc) is 3.03. The fourth-order valence-corrected chi connectivity index (χ4v) is 16.6. The third-order valence-electron chi connectivity index (χ3n) is 6.79. The first kappa shape index (κ1) is 24.9.